The maximum absolute atomic E-state index is 12.4. The molecule has 3 aromatic rings. The Kier molecular flexibility index (Phi) is 5.92. The Balaban J connectivity index is 1.70. The van der Waals surface area contributed by atoms with E-state index in [2.05, 4.69) is 24.3 Å². The average Bonchev–Trinajstić information content (AvgIpc) is 2.65. The molecule has 0 aliphatic heterocycles. The maximum Gasteiger partial charge on any atom is 0.196 e. The molecule has 0 radical (unpaired) electrons. The van der Waals surface area contributed by atoms with E-state index in [0.717, 1.165) is 18.6 Å². The number of rotatable bonds is 7. The van der Waals surface area contributed by atoms with Gasteiger partial charge in [0.15, 0.2) is 10.5 Å². The van der Waals surface area contributed by atoms with Crippen LogP contribution in [0.4, 0.5) is 4.39 Å². The molecule has 0 atom stereocenters. The topological polar surface area (TPSA) is 30.2 Å². The third-order valence-electron chi connectivity index (χ3n) is 4.22. The summed E-state index contributed by atoms with van der Waals surface area (Å²) in [5.74, 6) is 0.743. The molecule has 130 valence electrons. The van der Waals surface area contributed by atoms with Crippen molar-refractivity contribution in [2.24, 2.45) is 0 Å². The quantitative estimate of drug-likeness (QED) is 0.403. The molecule has 0 aliphatic carbocycles. The Morgan fingerprint density at radius 3 is 2.48 bits per heavy atom. The molecule has 0 aliphatic rings. The first kappa shape index (κ1) is 17.7. The molecule has 2 aromatic carbocycles. The lowest BCUT2D eigenvalue weighted by atomic mass is 10.1. The highest BCUT2D eigenvalue weighted by atomic mass is 32.2. The van der Waals surface area contributed by atoms with Gasteiger partial charge in [-0.1, -0.05) is 48.2 Å². The fourth-order valence-electron chi connectivity index (χ4n) is 2.73. The lowest BCUT2D eigenvalue weighted by Crippen LogP contribution is -2.06. The smallest absolute Gasteiger partial charge is 0.196 e. The highest BCUT2D eigenvalue weighted by Gasteiger charge is 2.11. The number of unbranched alkanes of at least 4 members (excludes halogenated alkanes) is 1. The maximum atomic E-state index is 12.4. The molecule has 1 aromatic heterocycles. The summed E-state index contributed by atoms with van der Waals surface area (Å²) >= 11 is 1.54. The van der Waals surface area contributed by atoms with E-state index in [1.54, 1.807) is 17.8 Å². The van der Waals surface area contributed by atoms with E-state index in [0.29, 0.717) is 28.0 Å². The van der Waals surface area contributed by atoms with Gasteiger partial charge in [0, 0.05) is 11.3 Å². The summed E-state index contributed by atoms with van der Waals surface area (Å²) in [7, 11) is 0. The second-order valence-electron chi connectivity index (χ2n) is 6.09. The number of benzene rings is 2. The van der Waals surface area contributed by atoms with Gasteiger partial charge in [-0.2, -0.15) is 0 Å². The molecule has 0 spiro atoms. The van der Waals surface area contributed by atoms with Crippen LogP contribution in [0, 0.1) is 6.92 Å². The summed E-state index contributed by atoms with van der Waals surface area (Å²) in [5.41, 5.74) is 3.73. The summed E-state index contributed by atoms with van der Waals surface area (Å²) in [6, 6.07) is 15.7. The summed E-state index contributed by atoms with van der Waals surface area (Å²) in [6.45, 7) is 1.57. The van der Waals surface area contributed by atoms with E-state index >= 15 is 0 Å². The van der Waals surface area contributed by atoms with Crippen LogP contribution in [0.15, 0.2) is 62.8 Å². The predicted molar refractivity (Wildman–Crippen MR) is 102 cm³/mol. The van der Waals surface area contributed by atoms with Gasteiger partial charge < -0.3 is 4.42 Å². The van der Waals surface area contributed by atoms with Crippen molar-refractivity contribution in [2.75, 3.05) is 6.67 Å². The van der Waals surface area contributed by atoms with Crippen molar-refractivity contribution in [1.82, 2.24) is 0 Å². The van der Waals surface area contributed by atoms with Crippen LogP contribution in [-0.4, -0.2) is 6.67 Å². The predicted octanol–water partition coefficient (Wildman–Crippen LogP) is 5.69. The largest absolute Gasteiger partial charge is 0.449 e. The SMILES string of the molecule is Cc1c(SCc2ccc(CCCC[18F])cc2)oc2ccccc2c1=O. The van der Waals surface area contributed by atoms with Gasteiger partial charge in [0.1, 0.15) is 5.58 Å². The Labute approximate surface area is 151 Å². The average molecular weight is 355 g/mol. The Morgan fingerprint density at radius 1 is 1.00 bits per heavy atom. The molecule has 0 saturated carbocycles. The molecule has 0 bridgehead atoms. The second-order valence-corrected chi connectivity index (χ2v) is 7.04. The lowest BCUT2D eigenvalue weighted by Gasteiger charge is -2.07. The van der Waals surface area contributed by atoms with E-state index in [1.807, 2.05) is 25.1 Å². The molecule has 0 amide bonds. The summed E-state index contributed by atoms with van der Waals surface area (Å²) in [4.78, 5) is 12.4. The van der Waals surface area contributed by atoms with Gasteiger partial charge >= 0.3 is 0 Å². The van der Waals surface area contributed by atoms with Gasteiger partial charge in [0.2, 0.25) is 0 Å². The van der Waals surface area contributed by atoms with Crippen molar-refractivity contribution in [3.63, 3.8) is 0 Å². The van der Waals surface area contributed by atoms with E-state index in [4.69, 9.17) is 4.42 Å². The minimum absolute atomic E-state index is 0.0348. The Hall–Kier alpha value is -2.07. The molecule has 3 rings (SSSR count). The number of hydrogen-bond donors (Lipinski definition) is 0. The number of halogens is 1. The molecular weight excluding hydrogens is 334 g/mol. The molecule has 25 heavy (non-hydrogen) atoms. The van der Waals surface area contributed by atoms with Crippen molar-refractivity contribution in [1.29, 1.82) is 0 Å². The van der Waals surface area contributed by atoms with Crippen LogP contribution < -0.4 is 5.43 Å². The molecule has 0 unspecified atom stereocenters. The summed E-state index contributed by atoms with van der Waals surface area (Å²) < 4.78 is 18.1. The van der Waals surface area contributed by atoms with Crippen LogP contribution in [0.2, 0.25) is 0 Å². The first-order valence-corrected chi connectivity index (χ1v) is 9.46. The van der Waals surface area contributed by atoms with Crippen LogP contribution in [0.5, 0.6) is 0 Å². The van der Waals surface area contributed by atoms with Crippen molar-refractivity contribution in [2.45, 2.75) is 37.0 Å². The summed E-state index contributed by atoms with van der Waals surface area (Å²) in [6.07, 6.45) is 2.42. The zero-order chi connectivity index (χ0) is 17.6. The van der Waals surface area contributed by atoms with Gasteiger partial charge in [0.25, 0.3) is 0 Å². The Morgan fingerprint density at radius 2 is 1.72 bits per heavy atom. The highest BCUT2D eigenvalue weighted by molar-refractivity contribution is 7.98. The van der Waals surface area contributed by atoms with Gasteiger partial charge in [-0.15, -0.1) is 0 Å². The molecule has 4 heteroatoms. The zero-order valence-corrected chi connectivity index (χ0v) is 15.1. The molecule has 1 heterocycles. The highest BCUT2D eigenvalue weighted by Crippen LogP contribution is 2.27. The van der Waals surface area contributed by atoms with Crippen molar-refractivity contribution in [3.8, 4) is 0 Å². The number of hydrogen-bond acceptors (Lipinski definition) is 3. The van der Waals surface area contributed by atoms with E-state index in [-0.39, 0.29) is 12.1 Å². The molecule has 0 saturated heterocycles. The number of aryl methyl sites for hydroxylation is 1. The third kappa shape index (κ3) is 4.31. The zero-order valence-electron chi connectivity index (χ0n) is 14.3. The van der Waals surface area contributed by atoms with Crippen molar-refractivity contribution in [3.05, 3.63) is 75.4 Å². The third-order valence-corrected chi connectivity index (χ3v) is 5.35. The van der Waals surface area contributed by atoms with Crippen LogP contribution in [-0.2, 0) is 12.2 Å². The Bertz CT molecular complexity index is 900. The fourth-order valence-corrected chi connectivity index (χ4v) is 3.67. The monoisotopic (exact) mass is 355 g/mol. The number of fused-ring (bicyclic) bond motifs is 1. The first-order valence-electron chi connectivity index (χ1n) is 8.48. The van der Waals surface area contributed by atoms with Gasteiger partial charge in [-0.05, 0) is 49.4 Å². The fraction of sp³-hybridized carbons (Fsp3) is 0.286. The van der Waals surface area contributed by atoms with Crippen LogP contribution in [0.1, 0.15) is 29.5 Å². The van der Waals surface area contributed by atoms with E-state index < -0.39 is 0 Å². The van der Waals surface area contributed by atoms with E-state index in [1.165, 1.54) is 11.1 Å². The number of thioether (sulfide) groups is 1. The molecular formula is C21H21FO2S. The van der Waals surface area contributed by atoms with Crippen LogP contribution in [0.25, 0.3) is 11.0 Å². The minimum Gasteiger partial charge on any atom is -0.449 e. The molecule has 0 N–H and O–H groups in total. The molecule has 0 fully saturated rings. The normalized spacial score (nSPS) is 11.1. The van der Waals surface area contributed by atoms with Gasteiger partial charge in [0.05, 0.1) is 12.1 Å². The standard InChI is InChI=1S/C21H21FO2S/c1-15-20(23)18-7-2-3-8-19(18)24-21(15)25-14-17-11-9-16(10-12-17)6-4-5-13-22/h2-3,7-12H,4-6,13-14H2,1H3/i22-1. The van der Waals surface area contributed by atoms with Crippen molar-refractivity contribution < 1.29 is 8.81 Å². The number of para-hydroxylation sites is 1. The minimum atomic E-state index is -0.245. The second kappa shape index (κ2) is 8.34. The van der Waals surface area contributed by atoms with E-state index in [9.17, 15) is 9.18 Å². The first-order chi connectivity index (χ1) is 12.2. The van der Waals surface area contributed by atoms with Crippen molar-refractivity contribution >= 4 is 22.7 Å². The van der Waals surface area contributed by atoms with Gasteiger partial charge in [-0.25, -0.2) is 0 Å². The lowest BCUT2D eigenvalue weighted by molar-refractivity contribution is 0.462. The van der Waals surface area contributed by atoms with Crippen LogP contribution >= 0.6 is 11.8 Å². The van der Waals surface area contributed by atoms with Gasteiger partial charge in [-0.3, -0.25) is 9.18 Å². The molecule has 2 nitrogen and oxygen atoms in total. The number of alkyl halides is 1. The summed E-state index contributed by atoms with van der Waals surface area (Å²) in [5, 5.41) is 1.30. The van der Waals surface area contributed by atoms with Crippen LogP contribution in [0.3, 0.4) is 0 Å².